The number of halogens is 6. The Morgan fingerprint density at radius 3 is 2.15 bits per heavy atom. The average Bonchev–Trinajstić information content (AvgIpc) is 2.35. The number of nitrogens with two attached hydrogens (primary N) is 1. The number of benzene rings is 1. The summed E-state index contributed by atoms with van der Waals surface area (Å²) in [4.78, 5) is 11.3. The number of ether oxygens (including phenoxy) is 1. The Hall–Kier alpha value is -1.41. The Labute approximate surface area is 117 Å². The number of esters is 1. The zero-order chi connectivity index (χ0) is 14.8. The molecular formula is C11H11ClF5NO2. The maximum Gasteiger partial charge on any atom is 0.455 e. The molecule has 114 valence electrons. The summed E-state index contributed by atoms with van der Waals surface area (Å²) >= 11 is 0. The van der Waals surface area contributed by atoms with Gasteiger partial charge in [0.15, 0.2) is 0 Å². The molecule has 0 amide bonds. The van der Waals surface area contributed by atoms with Crippen LogP contribution in [0.25, 0.3) is 0 Å². The first-order chi connectivity index (χ1) is 8.63. The predicted octanol–water partition coefficient (Wildman–Crippen LogP) is 3.09. The molecule has 0 aliphatic rings. The van der Waals surface area contributed by atoms with Crippen molar-refractivity contribution < 1.29 is 31.5 Å². The monoisotopic (exact) mass is 319 g/mol. The minimum Gasteiger partial charge on any atom is -0.465 e. The number of carbonyl (C=O) groups excluding carboxylic acids is 1. The number of alkyl halides is 5. The van der Waals surface area contributed by atoms with E-state index in [2.05, 4.69) is 4.74 Å². The maximum atomic E-state index is 13.2. The van der Waals surface area contributed by atoms with E-state index >= 15 is 0 Å². The summed E-state index contributed by atoms with van der Waals surface area (Å²) < 4.78 is 67.3. The van der Waals surface area contributed by atoms with Crippen LogP contribution in [0.5, 0.6) is 0 Å². The molecule has 0 spiro atoms. The van der Waals surface area contributed by atoms with E-state index in [1.54, 1.807) is 0 Å². The number of hydrogen-bond donors (Lipinski definition) is 1. The quantitative estimate of drug-likeness (QED) is 0.688. The van der Waals surface area contributed by atoms with Crippen molar-refractivity contribution >= 4 is 18.4 Å². The number of hydrogen-bond acceptors (Lipinski definition) is 3. The third-order valence-electron chi connectivity index (χ3n) is 2.47. The Kier molecular flexibility index (Phi) is 5.91. The second-order valence-electron chi connectivity index (χ2n) is 3.68. The van der Waals surface area contributed by atoms with E-state index in [0.29, 0.717) is 0 Å². The highest BCUT2D eigenvalue weighted by molar-refractivity contribution is 5.91. The molecule has 0 saturated carbocycles. The van der Waals surface area contributed by atoms with Crippen LogP contribution in [0.2, 0.25) is 0 Å². The lowest BCUT2D eigenvalue weighted by Crippen LogP contribution is -2.46. The largest absolute Gasteiger partial charge is 0.465 e. The van der Waals surface area contributed by atoms with E-state index in [9.17, 15) is 26.7 Å². The van der Waals surface area contributed by atoms with Gasteiger partial charge in [-0.3, -0.25) is 0 Å². The molecule has 1 rings (SSSR count). The van der Waals surface area contributed by atoms with E-state index in [4.69, 9.17) is 5.73 Å². The van der Waals surface area contributed by atoms with Crippen molar-refractivity contribution in [2.45, 2.75) is 18.1 Å². The van der Waals surface area contributed by atoms with Crippen molar-refractivity contribution in [2.75, 3.05) is 7.11 Å². The maximum absolute atomic E-state index is 13.2. The molecule has 0 radical (unpaired) electrons. The van der Waals surface area contributed by atoms with Crippen molar-refractivity contribution in [1.82, 2.24) is 0 Å². The lowest BCUT2D eigenvalue weighted by Gasteiger charge is -2.26. The van der Waals surface area contributed by atoms with Gasteiger partial charge in [0.05, 0.1) is 12.7 Å². The lowest BCUT2D eigenvalue weighted by molar-refractivity contribution is -0.291. The minimum atomic E-state index is -5.81. The molecule has 1 aromatic rings. The smallest absolute Gasteiger partial charge is 0.455 e. The van der Waals surface area contributed by atoms with Crippen LogP contribution in [0, 0.1) is 0 Å². The molecular weight excluding hydrogens is 309 g/mol. The first-order valence-corrected chi connectivity index (χ1v) is 5.00. The third-order valence-corrected chi connectivity index (χ3v) is 2.47. The van der Waals surface area contributed by atoms with Gasteiger partial charge in [-0.15, -0.1) is 12.4 Å². The van der Waals surface area contributed by atoms with Crippen LogP contribution in [-0.2, 0) is 4.74 Å². The first-order valence-electron chi connectivity index (χ1n) is 5.00. The number of rotatable bonds is 3. The van der Waals surface area contributed by atoms with Crippen molar-refractivity contribution in [3.05, 3.63) is 35.4 Å². The Bertz CT molecular complexity index is 478. The standard InChI is InChI=1S/C11H10F5NO2.ClH/c1-19-9(18)7-5-3-2-4-6(7)8(17)10(12,13)11(14,15)16;/h2-5,8H,17H2,1H3;1H/t8-;/m1./s1. The van der Waals surface area contributed by atoms with E-state index in [1.165, 1.54) is 12.1 Å². The highest BCUT2D eigenvalue weighted by Gasteiger charge is 2.62. The second kappa shape index (κ2) is 6.36. The highest BCUT2D eigenvalue weighted by Crippen LogP contribution is 2.43. The van der Waals surface area contributed by atoms with E-state index in [1.807, 2.05) is 0 Å². The fourth-order valence-corrected chi connectivity index (χ4v) is 1.44. The summed E-state index contributed by atoms with van der Waals surface area (Å²) in [5.74, 6) is -6.19. The van der Waals surface area contributed by atoms with Crippen LogP contribution in [0.15, 0.2) is 24.3 Å². The van der Waals surface area contributed by atoms with E-state index in [-0.39, 0.29) is 12.4 Å². The fourth-order valence-electron chi connectivity index (χ4n) is 1.44. The molecule has 0 heterocycles. The molecule has 0 aliphatic heterocycles. The molecule has 0 saturated heterocycles. The summed E-state index contributed by atoms with van der Waals surface area (Å²) in [7, 11) is 0.979. The van der Waals surface area contributed by atoms with Crippen molar-refractivity contribution in [3.8, 4) is 0 Å². The summed E-state index contributed by atoms with van der Waals surface area (Å²) in [5, 5.41) is 0. The van der Waals surface area contributed by atoms with Gasteiger partial charge < -0.3 is 10.5 Å². The molecule has 0 fully saturated rings. The number of methoxy groups -OCH3 is 1. The zero-order valence-corrected chi connectivity index (χ0v) is 10.9. The van der Waals surface area contributed by atoms with Crippen molar-refractivity contribution in [1.29, 1.82) is 0 Å². The summed E-state index contributed by atoms with van der Waals surface area (Å²) in [5.41, 5.74) is 3.92. The van der Waals surface area contributed by atoms with Gasteiger partial charge in [0.25, 0.3) is 0 Å². The zero-order valence-electron chi connectivity index (χ0n) is 10.1. The molecule has 0 aliphatic carbocycles. The normalized spacial score (nSPS) is 13.3. The van der Waals surface area contributed by atoms with Crippen molar-refractivity contribution in [2.24, 2.45) is 5.73 Å². The molecule has 2 N–H and O–H groups in total. The van der Waals surface area contributed by atoms with Gasteiger partial charge >= 0.3 is 18.1 Å². The molecule has 0 aromatic heterocycles. The van der Waals surface area contributed by atoms with Gasteiger partial charge in [-0.25, -0.2) is 4.79 Å². The van der Waals surface area contributed by atoms with Gasteiger partial charge in [-0.1, -0.05) is 18.2 Å². The van der Waals surface area contributed by atoms with E-state index in [0.717, 1.165) is 19.2 Å². The van der Waals surface area contributed by atoms with Crippen LogP contribution in [-0.4, -0.2) is 25.2 Å². The fraction of sp³-hybridized carbons (Fsp3) is 0.364. The van der Waals surface area contributed by atoms with Gasteiger partial charge in [-0.05, 0) is 11.6 Å². The first kappa shape index (κ1) is 18.6. The predicted molar refractivity (Wildman–Crippen MR) is 63.0 cm³/mol. The summed E-state index contributed by atoms with van der Waals surface area (Å²) in [6.45, 7) is 0. The van der Waals surface area contributed by atoms with Crippen molar-refractivity contribution in [3.63, 3.8) is 0 Å². The average molecular weight is 320 g/mol. The van der Waals surface area contributed by atoms with Gasteiger partial charge in [-0.2, -0.15) is 22.0 Å². The molecule has 3 nitrogen and oxygen atoms in total. The van der Waals surface area contributed by atoms with Gasteiger partial charge in [0.1, 0.15) is 6.04 Å². The SMILES string of the molecule is COC(=O)c1ccccc1[C@@H](N)C(F)(F)C(F)(F)F.Cl. The molecule has 0 bridgehead atoms. The van der Waals surface area contributed by atoms with Crippen LogP contribution >= 0.6 is 12.4 Å². The summed E-state index contributed by atoms with van der Waals surface area (Å²) in [6, 6.07) is 1.80. The summed E-state index contributed by atoms with van der Waals surface area (Å²) in [6.07, 6.45) is -5.81. The molecule has 1 atom stereocenters. The van der Waals surface area contributed by atoms with Crippen LogP contribution in [0.3, 0.4) is 0 Å². The van der Waals surface area contributed by atoms with Crippen LogP contribution in [0.4, 0.5) is 22.0 Å². The van der Waals surface area contributed by atoms with Gasteiger partial charge in [0.2, 0.25) is 0 Å². The topological polar surface area (TPSA) is 52.3 Å². The molecule has 1 aromatic carbocycles. The van der Waals surface area contributed by atoms with Gasteiger partial charge in [0, 0.05) is 0 Å². The van der Waals surface area contributed by atoms with Crippen LogP contribution < -0.4 is 5.73 Å². The van der Waals surface area contributed by atoms with Crippen LogP contribution in [0.1, 0.15) is 22.0 Å². The van der Waals surface area contributed by atoms with E-state index < -0.39 is 35.2 Å². The highest BCUT2D eigenvalue weighted by atomic mass is 35.5. The Morgan fingerprint density at radius 1 is 1.20 bits per heavy atom. The number of carbonyl (C=O) groups is 1. The second-order valence-corrected chi connectivity index (χ2v) is 3.68. The Balaban J connectivity index is 0.00000361. The molecule has 0 unspecified atom stereocenters. The molecule has 9 heteroatoms. The minimum absolute atomic E-state index is 0. The lowest BCUT2D eigenvalue weighted by atomic mass is 9.96. The Morgan fingerprint density at radius 2 is 1.70 bits per heavy atom. The molecule has 20 heavy (non-hydrogen) atoms. The third kappa shape index (κ3) is 3.37.